The molecule has 37 heavy (non-hydrogen) atoms. The smallest absolute Gasteiger partial charge is 0.224 e. The Morgan fingerprint density at radius 2 is 1.76 bits per heavy atom. The van der Waals surface area contributed by atoms with Crippen LogP contribution in [0.1, 0.15) is 48.2 Å². The van der Waals surface area contributed by atoms with Crippen molar-refractivity contribution in [2.75, 3.05) is 13.2 Å². The Balaban J connectivity index is 1.22. The lowest BCUT2D eigenvalue weighted by Crippen LogP contribution is -2.26. The third-order valence-corrected chi connectivity index (χ3v) is 7.09. The summed E-state index contributed by atoms with van der Waals surface area (Å²) in [5, 5.41) is 3.82. The molecule has 194 valence electrons. The molecule has 1 amide bonds. The fourth-order valence-corrected chi connectivity index (χ4v) is 4.66. The predicted molar refractivity (Wildman–Crippen MR) is 151 cm³/mol. The van der Waals surface area contributed by atoms with Gasteiger partial charge in [0, 0.05) is 24.5 Å². The van der Waals surface area contributed by atoms with E-state index < -0.39 is 0 Å². The number of para-hydroxylation sites is 2. The minimum Gasteiger partial charge on any atom is -0.494 e. The molecule has 4 rings (SSSR count). The molecular weight excluding hydrogens is 482 g/mol. The Morgan fingerprint density at radius 1 is 0.946 bits per heavy atom. The monoisotopic (exact) mass is 517 g/mol. The van der Waals surface area contributed by atoms with Gasteiger partial charge in [0.15, 0.2) is 0 Å². The summed E-state index contributed by atoms with van der Waals surface area (Å²) in [6.07, 6.45) is 5.31. The van der Waals surface area contributed by atoms with E-state index in [1.165, 1.54) is 5.52 Å². The minimum absolute atomic E-state index is 0.0899. The molecule has 0 saturated heterocycles. The highest BCUT2D eigenvalue weighted by molar-refractivity contribution is 6.31. The van der Waals surface area contributed by atoms with Crippen LogP contribution in [0.25, 0.3) is 11.0 Å². The molecule has 0 bridgehead atoms. The molecule has 0 radical (unpaired) electrons. The number of hydrogen-bond donors (Lipinski definition) is 1. The van der Waals surface area contributed by atoms with Crippen LogP contribution in [0.5, 0.6) is 5.75 Å². The van der Waals surface area contributed by atoms with Crippen LogP contribution >= 0.6 is 11.6 Å². The van der Waals surface area contributed by atoms with Crippen molar-refractivity contribution in [3.05, 3.63) is 94.3 Å². The topological polar surface area (TPSA) is 56.1 Å². The van der Waals surface area contributed by atoms with Crippen molar-refractivity contribution in [3.8, 4) is 5.75 Å². The summed E-state index contributed by atoms with van der Waals surface area (Å²) in [6, 6.07) is 22.1. The molecule has 0 saturated carbocycles. The van der Waals surface area contributed by atoms with Gasteiger partial charge in [-0.05, 0) is 80.1 Å². The first-order chi connectivity index (χ1) is 18.0. The number of aryl methyl sites for hydroxylation is 4. The van der Waals surface area contributed by atoms with Gasteiger partial charge in [-0.2, -0.15) is 0 Å². The summed E-state index contributed by atoms with van der Waals surface area (Å²) < 4.78 is 8.28. The van der Waals surface area contributed by atoms with Gasteiger partial charge in [0.2, 0.25) is 5.91 Å². The quantitative estimate of drug-likeness (QED) is 0.197. The third-order valence-electron chi connectivity index (χ3n) is 6.67. The first-order valence-corrected chi connectivity index (χ1v) is 13.5. The minimum atomic E-state index is 0.0899. The van der Waals surface area contributed by atoms with Gasteiger partial charge in [-0.25, -0.2) is 4.98 Å². The normalized spacial score (nSPS) is 11.1. The molecule has 0 unspecified atom stereocenters. The van der Waals surface area contributed by atoms with Gasteiger partial charge < -0.3 is 14.6 Å². The molecule has 0 aliphatic heterocycles. The van der Waals surface area contributed by atoms with E-state index in [-0.39, 0.29) is 5.91 Å². The van der Waals surface area contributed by atoms with Gasteiger partial charge >= 0.3 is 0 Å². The first kappa shape index (κ1) is 26.7. The van der Waals surface area contributed by atoms with Crippen molar-refractivity contribution in [3.63, 3.8) is 0 Å². The molecule has 1 N–H and O–H groups in total. The number of imidazole rings is 1. The van der Waals surface area contributed by atoms with Gasteiger partial charge in [-0.1, -0.05) is 54.4 Å². The van der Waals surface area contributed by atoms with E-state index in [0.29, 0.717) is 19.6 Å². The Morgan fingerprint density at radius 3 is 2.59 bits per heavy atom. The zero-order valence-electron chi connectivity index (χ0n) is 21.8. The maximum atomic E-state index is 12.3. The third kappa shape index (κ3) is 7.59. The Labute approximate surface area is 224 Å². The maximum Gasteiger partial charge on any atom is 0.224 e. The molecule has 0 aliphatic rings. The molecular formula is C31H36ClN3O2. The van der Waals surface area contributed by atoms with Crippen LogP contribution in [0.2, 0.25) is 5.02 Å². The van der Waals surface area contributed by atoms with E-state index in [4.69, 9.17) is 21.3 Å². The number of nitrogens with zero attached hydrogens (tertiary/aromatic N) is 2. The second kappa shape index (κ2) is 13.3. The van der Waals surface area contributed by atoms with Gasteiger partial charge in [0.25, 0.3) is 0 Å². The summed E-state index contributed by atoms with van der Waals surface area (Å²) >= 11 is 6.12. The zero-order chi connectivity index (χ0) is 26.0. The number of carbonyl (C=O) groups excluding carboxylic acids is 1. The number of carbonyl (C=O) groups is 1. The standard InChI is InChI=1S/C31H36ClN3O2/c1-23-11-5-6-12-25(23)22-31(36)33-18-9-3-4-15-30-34-28-13-7-8-14-29(28)35(30)19-10-20-37-26-16-17-27(32)24(2)21-26/h5-8,11-14,16-17,21H,3-4,9-10,15,18-20,22H2,1-2H3,(H,33,36). The van der Waals surface area contributed by atoms with Gasteiger partial charge in [0.05, 0.1) is 24.1 Å². The summed E-state index contributed by atoms with van der Waals surface area (Å²) in [4.78, 5) is 17.2. The number of amides is 1. The number of halogens is 1. The molecule has 0 fully saturated rings. The van der Waals surface area contributed by atoms with Crippen LogP contribution in [-0.2, 0) is 24.2 Å². The van der Waals surface area contributed by atoms with Gasteiger partial charge in [0.1, 0.15) is 11.6 Å². The summed E-state index contributed by atoms with van der Waals surface area (Å²) in [6.45, 7) is 6.23. The highest BCUT2D eigenvalue weighted by Crippen LogP contribution is 2.22. The number of rotatable bonds is 13. The Hall–Kier alpha value is -3.31. The molecule has 1 heterocycles. The molecule has 0 atom stereocenters. The second-order valence-corrected chi connectivity index (χ2v) is 9.95. The number of fused-ring (bicyclic) bond motifs is 1. The maximum absolute atomic E-state index is 12.3. The van der Waals surface area contributed by atoms with Crippen LogP contribution in [0, 0.1) is 13.8 Å². The average Bonchev–Trinajstić information content (AvgIpc) is 3.24. The summed E-state index contributed by atoms with van der Waals surface area (Å²) in [5.74, 6) is 2.06. The van der Waals surface area contributed by atoms with E-state index in [2.05, 4.69) is 28.1 Å². The number of hydrogen-bond acceptors (Lipinski definition) is 3. The predicted octanol–water partition coefficient (Wildman–Crippen LogP) is 6.85. The highest BCUT2D eigenvalue weighted by Gasteiger charge is 2.11. The van der Waals surface area contributed by atoms with Crippen molar-refractivity contribution in [1.82, 2.24) is 14.9 Å². The van der Waals surface area contributed by atoms with Crippen molar-refractivity contribution in [1.29, 1.82) is 0 Å². The van der Waals surface area contributed by atoms with Crippen molar-refractivity contribution in [2.24, 2.45) is 0 Å². The van der Waals surface area contributed by atoms with Crippen LogP contribution < -0.4 is 10.1 Å². The van der Waals surface area contributed by atoms with E-state index in [0.717, 1.165) is 77.5 Å². The fourth-order valence-electron chi connectivity index (χ4n) is 4.54. The van der Waals surface area contributed by atoms with Crippen molar-refractivity contribution >= 4 is 28.5 Å². The molecule has 4 aromatic rings. The van der Waals surface area contributed by atoms with Gasteiger partial charge in [-0.15, -0.1) is 0 Å². The van der Waals surface area contributed by atoms with Crippen molar-refractivity contribution in [2.45, 2.75) is 58.9 Å². The van der Waals surface area contributed by atoms with Crippen LogP contribution in [0.3, 0.4) is 0 Å². The number of aromatic nitrogens is 2. The van der Waals surface area contributed by atoms with Gasteiger partial charge in [-0.3, -0.25) is 4.79 Å². The Kier molecular flexibility index (Phi) is 9.61. The van der Waals surface area contributed by atoms with Crippen LogP contribution in [0.15, 0.2) is 66.7 Å². The van der Waals surface area contributed by atoms with E-state index in [1.54, 1.807) is 0 Å². The summed E-state index contributed by atoms with van der Waals surface area (Å²) in [5.41, 5.74) is 5.48. The molecule has 5 nitrogen and oxygen atoms in total. The highest BCUT2D eigenvalue weighted by atomic mass is 35.5. The van der Waals surface area contributed by atoms with E-state index in [9.17, 15) is 4.79 Å². The fraction of sp³-hybridized carbons (Fsp3) is 0.355. The van der Waals surface area contributed by atoms with E-state index >= 15 is 0 Å². The Bertz CT molecular complexity index is 1330. The lowest BCUT2D eigenvalue weighted by Gasteiger charge is -2.11. The zero-order valence-corrected chi connectivity index (χ0v) is 22.6. The lowest BCUT2D eigenvalue weighted by molar-refractivity contribution is -0.120. The first-order valence-electron chi connectivity index (χ1n) is 13.2. The second-order valence-electron chi connectivity index (χ2n) is 9.55. The number of benzene rings is 3. The molecule has 3 aromatic carbocycles. The summed E-state index contributed by atoms with van der Waals surface area (Å²) in [7, 11) is 0. The van der Waals surface area contributed by atoms with Crippen LogP contribution in [-0.4, -0.2) is 28.6 Å². The number of unbranched alkanes of at least 4 members (excludes halogenated alkanes) is 2. The molecule has 0 aliphatic carbocycles. The number of nitrogens with one attached hydrogen (secondary N) is 1. The van der Waals surface area contributed by atoms with Crippen LogP contribution in [0.4, 0.5) is 0 Å². The SMILES string of the molecule is Cc1cc(OCCCn2c(CCCCCNC(=O)Cc3ccccc3C)nc3ccccc32)ccc1Cl. The van der Waals surface area contributed by atoms with Crippen molar-refractivity contribution < 1.29 is 9.53 Å². The number of ether oxygens (including phenoxy) is 1. The van der Waals surface area contributed by atoms with E-state index in [1.807, 2.05) is 62.4 Å². The largest absolute Gasteiger partial charge is 0.494 e. The average molecular weight is 518 g/mol. The lowest BCUT2D eigenvalue weighted by atomic mass is 10.1. The molecule has 1 aromatic heterocycles. The molecule has 0 spiro atoms. The molecule has 6 heteroatoms.